The van der Waals surface area contributed by atoms with E-state index in [2.05, 4.69) is 9.84 Å². The Hall–Kier alpha value is -1.98. The third-order valence-corrected chi connectivity index (χ3v) is 2.20. The Balaban J connectivity index is 2.24. The van der Waals surface area contributed by atoms with Crippen molar-refractivity contribution in [3.05, 3.63) is 24.3 Å². The zero-order valence-electron chi connectivity index (χ0n) is 9.06. The monoisotopic (exact) mass is 240 g/mol. The molecular weight excluding hydrogens is 230 g/mol. The van der Waals surface area contributed by atoms with Crippen molar-refractivity contribution >= 4 is 17.3 Å². The molecular formula is C11H10F2N2O2. The highest BCUT2D eigenvalue weighted by atomic mass is 19.3. The van der Waals surface area contributed by atoms with Gasteiger partial charge in [-0.15, -0.1) is 0 Å². The van der Waals surface area contributed by atoms with Gasteiger partial charge < -0.3 is 4.74 Å². The van der Waals surface area contributed by atoms with Crippen molar-refractivity contribution in [2.75, 3.05) is 5.01 Å². The van der Waals surface area contributed by atoms with Crippen LogP contribution >= 0.6 is 0 Å². The summed E-state index contributed by atoms with van der Waals surface area (Å²) in [5.41, 5.74) is 1.11. The predicted octanol–water partition coefficient (Wildman–Crippen LogP) is 2.40. The number of benzene rings is 1. The van der Waals surface area contributed by atoms with Crippen LogP contribution < -0.4 is 9.75 Å². The minimum Gasteiger partial charge on any atom is -0.435 e. The van der Waals surface area contributed by atoms with Crippen molar-refractivity contribution in [3.63, 3.8) is 0 Å². The summed E-state index contributed by atoms with van der Waals surface area (Å²) in [4.78, 5) is 11.5. The van der Waals surface area contributed by atoms with Crippen molar-refractivity contribution in [3.8, 4) is 5.75 Å². The van der Waals surface area contributed by atoms with E-state index in [9.17, 15) is 13.6 Å². The second-order valence-electron chi connectivity index (χ2n) is 3.59. The van der Waals surface area contributed by atoms with E-state index >= 15 is 0 Å². The van der Waals surface area contributed by atoms with Crippen LogP contribution in [0, 0.1) is 0 Å². The number of ether oxygens (including phenoxy) is 1. The number of carbonyl (C=O) groups excluding carboxylic acids is 1. The van der Waals surface area contributed by atoms with E-state index in [1.54, 1.807) is 13.0 Å². The van der Waals surface area contributed by atoms with Gasteiger partial charge in [-0.3, -0.25) is 4.79 Å². The molecule has 90 valence electrons. The average molecular weight is 240 g/mol. The van der Waals surface area contributed by atoms with Gasteiger partial charge in [0, 0.05) is 11.8 Å². The zero-order valence-corrected chi connectivity index (χ0v) is 9.06. The van der Waals surface area contributed by atoms with E-state index in [-0.39, 0.29) is 18.1 Å². The molecule has 1 aromatic rings. The molecule has 0 aliphatic carbocycles. The topological polar surface area (TPSA) is 41.9 Å². The normalized spacial score (nSPS) is 15.4. The van der Waals surface area contributed by atoms with E-state index in [1.165, 1.54) is 23.2 Å². The minimum atomic E-state index is -2.88. The summed E-state index contributed by atoms with van der Waals surface area (Å²) in [5.74, 6) is -0.179. The van der Waals surface area contributed by atoms with Gasteiger partial charge in [0.25, 0.3) is 5.91 Å². The van der Waals surface area contributed by atoms with Crippen molar-refractivity contribution < 1.29 is 18.3 Å². The van der Waals surface area contributed by atoms with Gasteiger partial charge in [-0.25, -0.2) is 5.01 Å². The highest BCUT2D eigenvalue weighted by Gasteiger charge is 2.23. The number of rotatable bonds is 3. The number of nitrogens with zero attached hydrogens (tertiary/aromatic N) is 2. The summed E-state index contributed by atoms with van der Waals surface area (Å²) in [6, 6.07) is 5.89. The van der Waals surface area contributed by atoms with E-state index in [0.717, 1.165) is 0 Å². The fourth-order valence-corrected chi connectivity index (χ4v) is 1.55. The molecule has 0 spiro atoms. The molecule has 0 fully saturated rings. The van der Waals surface area contributed by atoms with Gasteiger partial charge in [-0.2, -0.15) is 13.9 Å². The lowest BCUT2D eigenvalue weighted by Gasteiger charge is -2.13. The predicted molar refractivity (Wildman–Crippen MR) is 58.3 cm³/mol. The SMILES string of the molecule is CC1=NN(c2cccc(OC(F)F)c2)C(=O)C1. The second kappa shape index (κ2) is 4.48. The van der Waals surface area contributed by atoms with E-state index < -0.39 is 6.61 Å². The smallest absolute Gasteiger partial charge is 0.387 e. The van der Waals surface area contributed by atoms with Crippen molar-refractivity contribution in [2.45, 2.75) is 20.0 Å². The standard InChI is InChI=1S/C11H10F2N2O2/c1-7-5-10(16)15(14-7)8-3-2-4-9(6-8)17-11(12)13/h2-4,6,11H,5H2,1H3. The lowest BCUT2D eigenvalue weighted by molar-refractivity contribution is -0.116. The first-order chi connectivity index (χ1) is 8.06. The molecule has 1 aliphatic heterocycles. The molecule has 0 unspecified atom stereocenters. The Morgan fingerprint density at radius 2 is 2.24 bits per heavy atom. The lowest BCUT2D eigenvalue weighted by atomic mass is 10.2. The van der Waals surface area contributed by atoms with Gasteiger partial charge in [-0.1, -0.05) is 6.07 Å². The van der Waals surface area contributed by atoms with Gasteiger partial charge in [0.1, 0.15) is 5.75 Å². The molecule has 0 saturated heterocycles. The number of hydrogen-bond donors (Lipinski definition) is 0. The molecule has 0 atom stereocenters. The highest BCUT2D eigenvalue weighted by molar-refractivity contribution is 6.12. The fourth-order valence-electron chi connectivity index (χ4n) is 1.55. The molecule has 0 N–H and O–H groups in total. The van der Waals surface area contributed by atoms with Crippen LogP contribution in [0.5, 0.6) is 5.75 Å². The third-order valence-electron chi connectivity index (χ3n) is 2.20. The maximum Gasteiger partial charge on any atom is 0.387 e. The number of amides is 1. The molecule has 0 aromatic heterocycles. The molecule has 1 aromatic carbocycles. The molecule has 0 bridgehead atoms. The Morgan fingerprint density at radius 3 is 2.82 bits per heavy atom. The number of halogens is 2. The maximum absolute atomic E-state index is 12.0. The molecule has 17 heavy (non-hydrogen) atoms. The summed E-state index contributed by atoms with van der Waals surface area (Å²) >= 11 is 0. The van der Waals surface area contributed by atoms with Crippen molar-refractivity contribution in [2.24, 2.45) is 5.10 Å². The Labute approximate surface area is 96.5 Å². The summed E-state index contributed by atoms with van der Waals surface area (Å²) < 4.78 is 28.3. The molecule has 6 heteroatoms. The van der Waals surface area contributed by atoms with Crippen LogP contribution in [0.3, 0.4) is 0 Å². The average Bonchev–Trinajstić information content (AvgIpc) is 2.57. The van der Waals surface area contributed by atoms with Crippen molar-refractivity contribution in [1.82, 2.24) is 0 Å². The first kappa shape index (κ1) is 11.5. The molecule has 0 radical (unpaired) electrons. The maximum atomic E-state index is 12.0. The molecule has 1 aliphatic rings. The van der Waals surface area contributed by atoms with Gasteiger partial charge in [0.15, 0.2) is 0 Å². The number of alkyl halides is 2. The number of carbonyl (C=O) groups is 1. The van der Waals surface area contributed by atoms with Gasteiger partial charge in [0.05, 0.1) is 12.1 Å². The minimum absolute atomic E-state index is 0.00468. The first-order valence-electron chi connectivity index (χ1n) is 4.98. The summed E-state index contributed by atoms with van der Waals surface area (Å²) in [7, 11) is 0. The first-order valence-corrected chi connectivity index (χ1v) is 4.98. The second-order valence-corrected chi connectivity index (χ2v) is 3.59. The Kier molecular flexibility index (Phi) is 3.03. The third kappa shape index (κ3) is 2.58. The molecule has 4 nitrogen and oxygen atoms in total. The van der Waals surface area contributed by atoms with Crippen LogP contribution in [-0.4, -0.2) is 18.2 Å². The van der Waals surface area contributed by atoms with E-state index in [1.807, 2.05) is 0 Å². The summed E-state index contributed by atoms with van der Waals surface area (Å²) in [5, 5.41) is 5.21. The zero-order chi connectivity index (χ0) is 12.4. The highest BCUT2D eigenvalue weighted by Crippen LogP contribution is 2.25. The molecule has 1 heterocycles. The molecule has 1 amide bonds. The van der Waals surface area contributed by atoms with E-state index in [0.29, 0.717) is 11.4 Å². The summed E-state index contributed by atoms with van der Waals surface area (Å²) in [6.07, 6.45) is 0.250. The Bertz CT molecular complexity index is 474. The van der Waals surface area contributed by atoms with Crippen LogP contribution in [0.4, 0.5) is 14.5 Å². The lowest BCUT2D eigenvalue weighted by Crippen LogP contribution is -2.19. The van der Waals surface area contributed by atoms with Crippen LogP contribution in [0.2, 0.25) is 0 Å². The van der Waals surface area contributed by atoms with Crippen LogP contribution in [0.1, 0.15) is 13.3 Å². The van der Waals surface area contributed by atoms with Gasteiger partial charge in [-0.05, 0) is 19.1 Å². The van der Waals surface area contributed by atoms with Crippen LogP contribution in [0.25, 0.3) is 0 Å². The van der Waals surface area contributed by atoms with Gasteiger partial charge in [0.2, 0.25) is 0 Å². The quantitative estimate of drug-likeness (QED) is 0.814. The number of hydrazone groups is 1. The summed E-state index contributed by atoms with van der Waals surface area (Å²) in [6.45, 7) is -1.15. The van der Waals surface area contributed by atoms with E-state index in [4.69, 9.17) is 0 Å². The largest absolute Gasteiger partial charge is 0.435 e. The fraction of sp³-hybridized carbons (Fsp3) is 0.273. The number of hydrogen-bond acceptors (Lipinski definition) is 3. The van der Waals surface area contributed by atoms with Crippen molar-refractivity contribution in [1.29, 1.82) is 0 Å². The molecule has 0 saturated carbocycles. The van der Waals surface area contributed by atoms with Crippen LogP contribution in [0.15, 0.2) is 29.4 Å². The number of anilines is 1. The molecule has 2 rings (SSSR count). The van der Waals surface area contributed by atoms with Gasteiger partial charge >= 0.3 is 6.61 Å². The Morgan fingerprint density at radius 1 is 1.47 bits per heavy atom. The van der Waals surface area contributed by atoms with Crippen LogP contribution in [-0.2, 0) is 4.79 Å².